The topological polar surface area (TPSA) is 109 Å². The van der Waals surface area contributed by atoms with E-state index in [4.69, 9.17) is 21.2 Å². The van der Waals surface area contributed by atoms with Crippen molar-refractivity contribution in [1.29, 1.82) is 0 Å². The predicted octanol–water partition coefficient (Wildman–Crippen LogP) is 3.06. The highest BCUT2D eigenvalue weighted by molar-refractivity contribution is 5.64. The third kappa shape index (κ3) is 3.06. The zero-order chi connectivity index (χ0) is 23.6. The molecule has 1 aromatic carbocycles. The van der Waals surface area contributed by atoms with Crippen LogP contribution in [-0.4, -0.2) is 50.4 Å². The minimum Gasteiger partial charge on any atom is -0.494 e. The number of hydrogen-bond donors (Lipinski definition) is 4. The number of ether oxygens (including phenoxy) is 2. The first-order valence-corrected chi connectivity index (χ1v) is 9.74. The van der Waals surface area contributed by atoms with Gasteiger partial charge in [-0.2, -0.15) is 13.2 Å². The SMILES string of the molecule is [C-]#[N+]c1ccc(-n2c(O)c3c(c2O)C2(C)OC3(C)C[C@@H]2OCC(O)CO)cc1C(F)(F)F. The average Bonchev–Trinajstić information content (AvgIpc) is 3.25. The zero-order valence-electron chi connectivity index (χ0n) is 17.1. The number of aromatic nitrogens is 1. The van der Waals surface area contributed by atoms with Crippen LogP contribution in [0.25, 0.3) is 10.5 Å². The Morgan fingerprint density at radius 3 is 2.53 bits per heavy atom. The van der Waals surface area contributed by atoms with E-state index in [0.29, 0.717) is 6.07 Å². The molecular weight excluding hydrogens is 433 g/mol. The van der Waals surface area contributed by atoms with Crippen LogP contribution >= 0.6 is 0 Å². The van der Waals surface area contributed by atoms with Gasteiger partial charge in [-0.3, -0.25) is 4.57 Å². The molecule has 0 amide bonds. The van der Waals surface area contributed by atoms with Gasteiger partial charge in [0.25, 0.3) is 0 Å². The quantitative estimate of drug-likeness (QED) is 0.518. The minimum absolute atomic E-state index is 0.172. The van der Waals surface area contributed by atoms with Crippen LogP contribution in [0.5, 0.6) is 11.8 Å². The van der Waals surface area contributed by atoms with Crippen molar-refractivity contribution in [3.8, 4) is 17.4 Å². The number of aliphatic hydroxyl groups excluding tert-OH is 2. The predicted molar refractivity (Wildman–Crippen MR) is 104 cm³/mol. The Kier molecular flexibility index (Phi) is 4.98. The fourth-order valence-electron chi connectivity index (χ4n) is 4.74. The van der Waals surface area contributed by atoms with Crippen molar-refractivity contribution in [3.05, 3.63) is 46.3 Å². The third-order valence-electron chi connectivity index (χ3n) is 6.14. The van der Waals surface area contributed by atoms with Gasteiger partial charge in [-0.15, -0.1) is 0 Å². The van der Waals surface area contributed by atoms with Gasteiger partial charge in [0.05, 0.1) is 53.9 Å². The Hall–Kier alpha value is -2.78. The highest BCUT2D eigenvalue weighted by Gasteiger charge is 2.65. The summed E-state index contributed by atoms with van der Waals surface area (Å²) in [7, 11) is 0. The Morgan fingerprint density at radius 2 is 1.94 bits per heavy atom. The molecule has 4 rings (SSSR count). The number of benzene rings is 1. The monoisotopic (exact) mass is 454 g/mol. The Balaban J connectivity index is 1.83. The van der Waals surface area contributed by atoms with E-state index in [0.717, 1.165) is 10.6 Å². The second-order valence-corrected chi connectivity index (χ2v) is 8.35. The maximum Gasteiger partial charge on any atom is 0.407 e. The maximum atomic E-state index is 13.4. The summed E-state index contributed by atoms with van der Waals surface area (Å²) in [5.41, 5.74) is -3.90. The van der Waals surface area contributed by atoms with E-state index in [1.807, 2.05) is 0 Å². The molecule has 1 fully saturated rings. The Bertz CT molecular complexity index is 1120. The molecule has 4 N–H and O–H groups in total. The summed E-state index contributed by atoms with van der Waals surface area (Å²) in [6, 6.07) is 2.88. The van der Waals surface area contributed by atoms with Crippen molar-refractivity contribution < 1.29 is 43.1 Å². The molecule has 8 nitrogen and oxygen atoms in total. The average molecular weight is 454 g/mol. The molecule has 3 heterocycles. The normalized spacial score (nSPS) is 27.4. The molecule has 0 saturated carbocycles. The second kappa shape index (κ2) is 7.11. The van der Waals surface area contributed by atoms with Gasteiger partial charge >= 0.3 is 6.18 Å². The van der Waals surface area contributed by atoms with Crippen LogP contribution in [0.4, 0.5) is 18.9 Å². The van der Waals surface area contributed by atoms with E-state index in [9.17, 15) is 28.5 Å². The summed E-state index contributed by atoms with van der Waals surface area (Å²) >= 11 is 0. The lowest BCUT2D eigenvalue weighted by Crippen LogP contribution is -2.37. The molecule has 4 atom stereocenters. The van der Waals surface area contributed by atoms with Crippen molar-refractivity contribution in [1.82, 2.24) is 4.57 Å². The maximum absolute atomic E-state index is 13.4. The largest absolute Gasteiger partial charge is 0.494 e. The molecule has 32 heavy (non-hydrogen) atoms. The number of aliphatic hydroxyl groups is 2. The Labute approximate surface area is 180 Å². The molecule has 2 aromatic rings. The van der Waals surface area contributed by atoms with Crippen LogP contribution in [-0.2, 0) is 26.9 Å². The van der Waals surface area contributed by atoms with E-state index < -0.39 is 59.2 Å². The van der Waals surface area contributed by atoms with Crippen molar-refractivity contribution in [2.75, 3.05) is 13.2 Å². The number of halogens is 3. The number of hydrogen-bond acceptors (Lipinski definition) is 6. The first-order chi connectivity index (χ1) is 14.9. The van der Waals surface area contributed by atoms with Crippen LogP contribution in [0.1, 0.15) is 37.0 Å². The highest BCUT2D eigenvalue weighted by atomic mass is 19.4. The molecule has 2 bridgehead atoms. The van der Waals surface area contributed by atoms with Crippen LogP contribution in [0.2, 0.25) is 0 Å². The van der Waals surface area contributed by atoms with Gasteiger partial charge in [0.15, 0.2) is 5.69 Å². The van der Waals surface area contributed by atoms with Crippen LogP contribution in [0.15, 0.2) is 18.2 Å². The lowest BCUT2D eigenvalue weighted by atomic mass is 9.78. The first-order valence-electron chi connectivity index (χ1n) is 9.74. The number of aromatic hydroxyl groups is 2. The third-order valence-corrected chi connectivity index (χ3v) is 6.14. The summed E-state index contributed by atoms with van der Waals surface area (Å²) in [5.74, 6) is -0.982. The van der Waals surface area contributed by atoms with Gasteiger partial charge in [0.2, 0.25) is 11.8 Å². The molecule has 172 valence electrons. The van der Waals surface area contributed by atoms with Crippen molar-refractivity contribution in [2.24, 2.45) is 0 Å². The van der Waals surface area contributed by atoms with Crippen LogP contribution in [0.3, 0.4) is 0 Å². The lowest BCUT2D eigenvalue weighted by Gasteiger charge is -2.30. The molecule has 0 aliphatic carbocycles. The van der Waals surface area contributed by atoms with E-state index in [1.54, 1.807) is 13.8 Å². The van der Waals surface area contributed by atoms with E-state index >= 15 is 0 Å². The van der Waals surface area contributed by atoms with Gasteiger partial charge < -0.3 is 29.9 Å². The number of nitrogens with zero attached hydrogens (tertiary/aromatic N) is 2. The molecule has 2 aliphatic rings. The standard InChI is InChI=1S/C21H21F3N2O6/c1-19-7-14(31-9-11(28)8-27)20(2,32-19)16-15(19)17(29)26(18(16)30)10-4-5-13(25-3)12(6-10)21(22,23)24/h4-6,11,14,27-30H,7-9H2,1-2H3/t11?,14-,19?,20?/m0/s1. The number of rotatable bonds is 5. The van der Waals surface area contributed by atoms with Gasteiger partial charge in [-0.1, -0.05) is 6.07 Å². The first kappa shape index (κ1) is 22.4. The fourth-order valence-corrected chi connectivity index (χ4v) is 4.74. The summed E-state index contributed by atoms with van der Waals surface area (Å²) < 4.78 is 53.0. The lowest BCUT2D eigenvalue weighted by molar-refractivity contribution is -0.136. The van der Waals surface area contributed by atoms with E-state index in [2.05, 4.69) is 4.85 Å². The van der Waals surface area contributed by atoms with Crippen molar-refractivity contribution in [3.63, 3.8) is 0 Å². The van der Waals surface area contributed by atoms with Crippen molar-refractivity contribution in [2.45, 2.75) is 49.9 Å². The van der Waals surface area contributed by atoms with Crippen LogP contribution in [0, 0.1) is 6.57 Å². The molecule has 0 spiro atoms. The van der Waals surface area contributed by atoms with Gasteiger partial charge in [0, 0.05) is 6.42 Å². The van der Waals surface area contributed by atoms with Gasteiger partial charge in [0.1, 0.15) is 11.7 Å². The fraction of sp³-hybridized carbons (Fsp3) is 0.476. The summed E-state index contributed by atoms with van der Waals surface area (Å²) in [5, 5.41) is 40.5. The molecular formula is C21H21F3N2O6. The van der Waals surface area contributed by atoms with E-state index in [-0.39, 0.29) is 29.8 Å². The van der Waals surface area contributed by atoms with Crippen LogP contribution < -0.4 is 0 Å². The molecule has 1 aromatic heterocycles. The molecule has 1 saturated heterocycles. The highest BCUT2D eigenvalue weighted by Crippen LogP contribution is 2.65. The van der Waals surface area contributed by atoms with E-state index in [1.165, 1.54) is 6.07 Å². The molecule has 2 aliphatic heterocycles. The molecule has 11 heteroatoms. The van der Waals surface area contributed by atoms with Crippen molar-refractivity contribution >= 4 is 5.69 Å². The smallest absolute Gasteiger partial charge is 0.407 e. The summed E-state index contributed by atoms with van der Waals surface area (Å²) in [6.45, 7) is 9.56. The zero-order valence-corrected chi connectivity index (χ0v) is 17.1. The summed E-state index contributed by atoms with van der Waals surface area (Å²) in [6.07, 6.45) is -6.32. The Morgan fingerprint density at radius 1 is 1.28 bits per heavy atom. The number of alkyl halides is 3. The number of fused-ring (bicyclic) bond motifs is 5. The van der Waals surface area contributed by atoms with Gasteiger partial charge in [-0.05, 0) is 26.0 Å². The second-order valence-electron chi connectivity index (χ2n) is 8.35. The summed E-state index contributed by atoms with van der Waals surface area (Å²) in [4.78, 5) is 2.90. The van der Waals surface area contributed by atoms with Gasteiger partial charge in [-0.25, -0.2) is 4.85 Å². The minimum atomic E-state index is -4.80. The molecule has 0 radical (unpaired) electrons. The molecule has 3 unspecified atom stereocenters.